The number of carbonyl (C=O) groups excluding carboxylic acids is 1. The van der Waals surface area contributed by atoms with Gasteiger partial charge in [0.2, 0.25) is 0 Å². The highest BCUT2D eigenvalue weighted by Crippen LogP contribution is 2.21. The van der Waals surface area contributed by atoms with Gasteiger partial charge in [0.05, 0.1) is 16.6 Å². The number of halogens is 1. The van der Waals surface area contributed by atoms with Gasteiger partial charge < -0.3 is 10.1 Å². The van der Waals surface area contributed by atoms with Crippen LogP contribution in [0, 0.1) is 15.9 Å². The van der Waals surface area contributed by atoms with Gasteiger partial charge in [-0.05, 0) is 39.3 Å². The van der Waals surface area contributed by atoms with Crippen molar-refractivity contribution in [2.24, 2.45) is 0 Å². The SMILES string of the molecule is CC(C)(C)OC(=O)NCCC=Cc1ccc(F)cc1[N+](=O)[O-]. The van der Waals surface area contributed by atoms with Crippen LogP contribution in [-0.2, 0) is 4.74 Å². The van der Waals surface area contributed by atoms with Gasteiger partial charge in [-0.25, -0.2) is 9.18 Å². The molecular weight excluding hydrogens is 291 g/mol. The van der Waals surface area contributed by atoms with Crippen LogP contribution in [0.25, 0.3) is 6.08 Å². The molecule has 0 aliphatic heterocycles. The molecule has 120 valence electrons. The number of hydrogen-bond acceptors (Lipinski definition) is 4. The topological polar surface area (TPSA) is 81.5 Å². The molecule has 0 saturated heterocycles. The quantitative estimate of drug-likeness (QED) is 0.511. The maximum absolute atomic E-state index is 13.0. The third-order valence-electron chi connectivity index (χ3n) is 2.47. The maximum Gasteiger partial charge on any atom is 0.407 e. The minimum absolute atomic E-state index is 0.295. The van der Waals surface area contributed by atoms with Crippen molar-refractivity contribution in [1.29, 1.82) is 0 Å². The number of benzene rings is 1. The van der Waals surface area contributed by atoms with Gasteiger partial charge in [0, 0.05) is 6.54 Å². The lowest BCUT2D eigenvalue weighted by molar-refractivity contribution is -0.385. The lowest BCUT2D eigenvalue weighted by Crippen LogP contribution is -2.32. The zero-order chi connectivity index (χ0) is 16.8. The van der Waals surface area contributed by atoms with E-state index in [1.165, 1.54) is 12.1 Å². The van der Waals surface area contributed by atoms with Crippen LogP contribution in [-0.4, -0.2) is 23.2 Å². The van der Waals surface area contributed by atoms with E-state index in [-0.39, 0.29) is 5.69 Å². The summed E-state index contributed by atoms with van der Waals surface area (Å²) in [5.74, 6) is -0.657. The number of ether oxygens (including phenoxy) is 1. The number of hydrogen-bond donors (Lipinski definition) is 1. The first-order chi connectivity index (χ1) is 10.2. The van der Waals surface area contributed by atoms with E-state index in [4.69, 9.17) is 4.74 Å². The second-order valence-electron chi connectivity index (χ2n) is 5.58. The van der Waals surface area contributed by atoms with Crippen LogP contribution < -0.4 is 5.32 Å². The summed E-state index contributed by atoms with van der Waals surface area (Å²) in [5.41, 5.74) is -0.547. The van der Waals surface area contributed by atoms with Gasteiger partial charge in [-0.1, -0.05) is 12.2 Å². The van der Waals surface area contributed by atoms with Crippen LogP contribution in [0.4, 0.5) is 14.9 Å². The number of nitrogens with one attached hydrogen (secondary N) is 1. The highest BCUT2D eigenvalue weighted by atomic mass is 19.1. The molecular formula is C15H19FN2O4. The first kappa shape index (κ1) is 17.6. The van der Waals surface area contributed by atoms with Crippen LogP contribution in [0.3, 0.4) is 0 Å². The second-order valence-corrected chi connectivity index (χ2v) is 5.58. The number of nitro benzene ring substituents is 1. The van der Waals surface area contributed by atoms with E-state index >= 15 is 0 Å². The first-order valence-corrected chi connectivity index (χ1v) is 6.76. The zero-order valence-corrected chi connectivity index (χ0v) is 12.8. The fourth-order valence-electron chi connectivity index (χ4n) is 1.60. The Balaban J connectivity index is 2.50. The Labute approximate surface area is 128 Å². The molecule has 0 aliphatic rings. The molecule has 0 radical (unpaired) electrons. The van der Waals surface area contributed by atoms with Gasteiger partial charge in [-0.2, -0.15) is 0 Å². The summed E-state index contributed by atoms with van der Waals surface area (Å²) in [6, 6.07) is 3.37. The standard InChI is InChI=1S/C15H19FN2O4/c1-15(2,3)22-14(19)17-9-5-4-6-11-7-8-12(16)10-13(11)18(20)21/h4,6-8,10H,5,9H2,1-3H3,(H,17,19). The Kier molecular flexibility index (Phi) is 6.03. The average molecular weight is 310 g/mol. The summed E-state index contributed by atoms with van der Waals surface area (Å²) in [7, 11) is 0. The van der Waals surface area contributed by atoms with E-state index in [0.29, 0.717) is 18.5 Å². The van der Waals surface area contributed by atoms with E-state index in [2.05, 4.69) is 5.32 Å². The third-order valence-corrected chi connectivity index (χ3v) is 2.47. The van der Waals surface area contributed by atoms with Gasteiger partial charge in [-0.15, -0.1) is 0 Å². The highest BCUT2D eigenvalue weighted by molar-refractivity contribution is 5.67. The molecule has 0 spiro atoms. The fraction of sp³-hybridized carbons (Fsp3) is 0.400. The lowest BCUT2D eigenvalue weighted by Gasteiger charge is -2.19. The molecule has 1 aromatic rings. The van der Waals surface area contributed by atoms with Gasteiger partial charge in [0.15, 0.2) is 0 Å². The summed E-state index contributed by atoms with van der Waals surface area (Å²) in [5, 5.41) is 13.4. The van der Waals surface area contributed by atoms with Crippen molar-refractivity contribution in [1.82, 2.24) is 5.32 Å². The van der Waals surface area contributed by atoms with Crippen LogP contribution in [0.5, 0.6) is 0 Å². The van der Waals surface area contributed by atoms with Crippen LogP contribution in [0.15, 0.2) is 24.3 Å². The van der Waals surface area contributed by atoms with E-state index in [1.807, 2.05) is 0 Å². The van der Waals surface area contributed by atoms with Crippen molar-refractivity contribution in [3.63, 3.8) is 0 Å². The normalized spacial score (nSPS) is 11.5. The molecule has 0 unspecified atom stereocenters. The van der Waals surface area contributed by atoms with E-state index in [1.54, 1.807) is 26.8 Å². The molecule has 7 heteroatoms. The van der Waals surface area contributed by atoms with E-state index in [9.17, 15) is 19.3 Å². The third kappa shape index (κ3) is 6.34. The van der Waals surface area contributed by atoms with Crippen molar-refractivity contribution in [3.05, 3.63) is 45.8 Å². The minimum Gasteiger partial charge on any atom is -0.444 e. The maximum atomic E-state index is 13.0. The van der Waals surface area contributed by atoms with Crippen molar-refractivity contribution >= 4 is 17.9 Å². The molecule has 0 atom stereocenters. The first-order valence-electron chi connectivity index (χ1n) is 6.76. The molecule has 0 saturated carbocycles. The van der Waals surface area contributed by atoms with Gasteiger partial charge in [0.1, 0.15) is 11.4 Å². The Morgan fingerprint density at radius 3 is 2.73 bits per heavy atom. The predicted octanol–water partition coefficient (Wildman–Crippen LogP) is 3.66. The molecule has 0 aliphatic carbocycles. The predicted molar refractivity (Wildman–Crippen MR) is 80.9 cm³/mol. The summed E-state index contributed by atoms with van der Waals surface area (Å²) in [4.78, 5) is 21.6. The molecule has 6 nitrogen and oxygen atoms in total. The number of rotatable bonds is 5. The Morgan fingerprint density at radius 1 is 1.45 bits per heavy atom. The molecule has 1 amide bonds. The molecule has 22 heavy (non-hydrogen) atoms. The van der Waals surface area contributed by atoms with Gasteiger partial charge in [-0.3, -0.25) is 10.1 Å². The van der Waals surface area contributed by atoms with Crippen molar-refractivity contribution in [2.45, 2.75) is 32.8 Å². The van der Waals surface area contributed by atoms with Gasteiger partial charge in [0.25, 0.3) is 5.69 Å². The molecule has 1 aromatic carbocycles. The zero-order valence-electron chi connectivity index (χ0n) is 12.8. The molecule has 0 aromatic heterocycles. The van der Waals surface area contributed by atoms with E-state index < -0.39 is 22.4 Å². The number of nitrogens with zero attached hydrogens (tertiary/aromatic N) is 1. The van der Waals surface area contributed by atoms with Crippen LogP contribution in [0.1, 0.15) is 32.8 Å². The smallest absolute Gasteiger partial charge is 0.407 e. The van der Waals surface area contributed by atoms with Crippen molar-refractivity contribution in [3.8, 4) is 0 Å². The molecule has 1 N–H and O–H groups in total. The van der Waals surface area contributed by atoms with Gasteiger partial charge >= 0.3 is 6.09 Å². The van der Waals surface area contributed by atoms with Crippen molar-refractivity contribution < 1.29 is 18.8 Å². The number of carbonyl (C=O) groups is 1. The van der Waals surface area contributed by atoms with Crippen LogP contribution >= 0.6 is 0 Å². The Hall–Kier alpha value is -2.44. The second kappa shape index (κ2) is 7.53. The van der Waals surface area contributed by atoms with E-state index in [0.717, 1.165) is 12.1 Å². The Bertz CT molecular complexity index is 579. The number of alkyl carbamates (subject to hydrolysis) is 1. The molecule has 0 heterocycles. The lowest BCUT2D eigenvalue weighted by atomic mass is 10.1. The minimum atomic E-state index is -0.657. The number of nitro groups is 1. The molecule has 0 fully saturated rings. The highest BCUT2D eigenvalue weighted by Gasteiger charge is 2.15. The number of amides is 1. The largest absolute Gasteiger partial charge is 0.444 e. The summed E-state index contributed by atoms with van der Waals surface area (Å²) < 4.78 is 18.0. The molecule has 0 bridgehead atoms. The Morgan fingerprint density at radius 2 is 2.14 bits per heavy atom. The van der Waals surface area contributed by atoms with Crippen LogP contribution in [0.2, 0.25) is 0 Å². The monoisotopic (exact) mass is 310 g/mol. The summed E-state index contributed by atoms with van der Waals surface area (Å²) in [6.45, 7) is 5.63. The van der Waals surface area contributed by atoms with Crippen molar-refractivity contribution in [2.75, 3.05) is 6.54 Å². The molecule has 1 rings (SSSR count). The summed E-state index contributed by atoms with van der Waals surface area (Å²) >= 11 is 0. The fourth-order valence-corrected chi connectivity index (χ4v) is 1.60. The summed E-state index contributed by atoms with van der Waals surface area (Å²) in [6.07, 6.45) is 3.13. The average Bonchev–Trinajstić information content (AvgIpc) is 2.37.